The van der Waals surface area contributed by atoms with Crippen molar-refractivity contribution < 1.29 is 22.6 Å². The van der Waals surface area contributed by atoms with Gasteiger partial charge < -0.3 is 9.47 Å². The fourth-order valence-corrected chi connectivity index (χ4v) is 2.01. The maximum atomic E-state index is 12.4. The molecule has 0 bridgehead atoms. The first-order valence-electron chi connectivity index (χ1n) is 5.59. The Balaban J connectivity index is 2.45. The largest absolute Gasteiger partial charge is 0.573 e. The van der Waals surface area contributed by atoms with Crippen molar-refractivity contribution in [3.05, 3.63) is 47.5 Å². The number of para-hydroxylation sites is 1. The summed E-state index contributed by atoms with van der Waals surface area (Å²) < 4.78 is 46.1. The second-order valence-electron chi connectivity index (χ2n) is 3.89. The van der Waals surface area contributed by atoms with Crippen LogP contribution in [0.2, 0.25) is 5.02 Å². The second-order valence-corrected chi connectivity index (χ2v) is 4.30. The molecule has 0 saturated heterocycles. The molecule has 0 fully saturated rings. The fourth-order valence-electron chi connectivity index (χ4n) is 1.75. The van der Waals surface area contributed by atoms with E-state index in [9.17, 15) is 13.2 Å². The number of alkyl halides is 3. The van der Waals surface area contributed by atoms with Gasteiger partial charge in [-0.3, -0.25) is 0 Å². The van der Waals surface area contributed by atoms with Crippen molar-refractivity contribution in [1.82, 2.24) is 0 Å². The van der Waals surface area contributed by atoms with Gasteiger partial charge in [-0.25, -0.2) is 0 Å². The first-order valence-corrected chi connectivity index (χ1v) is 5.97. The van der Waals surface area contributed by atoms with E-state index in [1.165, 1.54) is 31.4 Å². The highest BCUT2D eigenvalue weighted by atomic mass is 35.5. The van der Waals surface area contributed by atoms with Gasteiger partial charge in [0.15, 0.2) is 0 Å². The van der Waals surface area contributed by atoms with E-state index in [1.807, 2.05) is 0 Å². The third kappa shape index (κ3) is 3.36. The van der Waals surface area contributed by atoms with E-state index in [4.69, 9.17) is 16.3 Å². The van der Waals surface area contributed by atoms with Crippen molar-refractivity contribution in [2.45, 2.75) is 6.36 Å². The Bertz CT molecular complexity index is 612. The van der Waals surface area contributed by atoms with E-state index < -0.39 is 6.36 Å². The fraction of sp³-hybridized carbons (Fsp3) is 0.143. The molecule has 2 rings (SSSR count). The number of hydrogen-bond acceptors (Lipinski definition) is 2. The molecule has 0 aliphatic rings. The normalized spacial score (nSPS) is 11.2. The average molecular weight is 303 g/mol. The van der Waals surface area contributed by atoms with Crippen molar-refractivity contribution in [3.8, 4) is 22.6 Å². The lowest BCUT2D eigenvalue weighted by atomic mass is 10.0. The molecule has 0 aliphatic heterocycles. The predicted octanol–water partition coefficient (Wildman–Crippen LogP) is 4.91. The van der Waals surface area contributed by atoms with Gasteiger partial charge in [0, 0.05) is 5.56 Å². The lowest BCUT2D eigenvalue weighted by Crippen LogP contribution is -2.17. The quantitative estimate of drug-likeness (QED) is 0.801. The predicted molar refractivity (Wildman–Crippen MR) is 70.1 cm³/mol. The third-order valence-electron chi connectivity index (χ3n) is 2.58. The molecule has 2 aromatic rings. The first-order chi connectivity index (χ1) is 9.40. The van der Waals surface area contributed by atoms with E-state index in [-0.39, 0.29) is 5.75 Å². The molecular formula is C14H10ClF3O2. The van der Waals surface area contributed by atoms with Gasteiger partial charge in [0.25, 0.3) is 0 Å². The number of hydrogen-bond donors (Lipinski definition) is 0. The molecule has 2 nitrogen and oxygen atoms in total. The summed E-state index contributed by atoms with van der Waals surface area (Å²) in [6, 6.07) is 10.6. The van der Waals surface area contributed by atoms with E-state index in [2.05, 4.69) is 4.74 Å². The van der Waals surface area contributed by atoms with Crippen molar-refractivity contribution in [2.24, 2.45) is 0 Å². The van der Waals surface area contributed by atoms with Crippen molar-refractivity contribution >= 4 is 11.6 Å². The SMILES string of the molecule is COc1ccc(-c2ccccc2OC(F)(F)F)cc1Cl. The van der Waals surface area contributed by atoms with Gasteiger partial charge in [0.1, 0.15) is 11.5 Å². The maximum Gasteiger partial charge on any atom is 0.573 e. The lowest BCUT2D eigenvalue weighted by molar-refractivity contribution is -0.274. The van der Waals surface area contributed by atoms with Gasteiger partial charge in [0.2, 0.25) is 0 Å². The maximum absolute atomic E-state index is 12.4. The molecule has 0 heterocycles. The number of rotatable bonds is 3. The van der Waals surface area contributed by atoms with Gasteiger partial charge in [0.05, 0.1) is 12.1 Å². The minimum absolute atomic E-state index is 0.277. The topological polar surface area (TPSA) is 18.5 Å². The molecule has 0 N–H and O–H groups in total. The van der Waals surface area contributed by atoms with Crippen LogP contribution in [0.1, 0.15) is 0 Å². The molecule has 0 saturated carbocycles. The molecule has 20 heavy (non-hydrogen) atoms. The summed E-state index contributed by atoms with van der Waals surface area (Å²) in [4.78, 5) is 0. The van der Waals surface area contributed by atoms with Crippen LogP contribution in [0.4, 0.5) is 13.2 Å². The van der Waals surface area contributed by atoms with Gasteiger partial charge in [-0.15, -0.1) is 13.2 Å². The van der Waals surface area contributed by atoms with E-state index >= 15 is 0 Å². The van der Waals surface area contributed by atoms with Crippen molar-refractivity contribution in [1.29, 1.82) is 0 Å². The summed E-state index contributed by atoms with van der Waals surface area (Å²) in [5.74, 6) is 0.172. The highest BCUT2D eigenvalue weighted by molar-refractivity contribution is 6.32. The molecule has 0 amide bonds. The van der Waals surface area contributed by atoms with Gasteiger partial charge in [-0.05, 0) is 23.8 Å². The zero-order chi connectivity index (χ0) is 14.8. The minimum atomic E-state index is -4.74. The van der Waals surface area contributed by atoms with Crippen molar-refractivity contribution in [3.63, 3.8) is 0 Å². The number of halogens is 4. The summed E-state index contributed by atoms with van der Waals surface area (Å²) in [5, 5.41) is 0.312. The summed E-state index contributed by atoms with van der Waals surface area (Å²) in [6.07, 6.45) is -4.74. The van der Waals surface area contributed by atoms with Crippen LogP contribution in [0.25, 0.3) is 11.1 Å². The summed E-state index contributed by atoms with van der Waals surface area (Å²) in [5.41, 5.74) is 0.810. The smallest absolute Gasteiger partial charge is 0.495 e. The summed E-state index contributed by atoms with van der Waals surface area (Å²) in [7, 11) is 1.46. The molecule has 0 spiro atoms. The Kier molecular flexibility index (Phi) is 4.09. The molecule has 0 radical (unpaired) electrons. The molecule has 2 aromatic carbocycles. The Labute approximate surface area is 118 Å². The Hall–Kier alpha value is -1.88. The first kappa shape index (κ1) is 14.5. The highest BCUT2D eigenvalue weighted by Crippen LogP contribution is 2.36. The molecule has 0 unspecified atom stereocenters. The number of ether oxygens (including phenoxy) is 2. The summed E-state index contributed by atoms with van der Waals surface area (Å²) in [6.45, 7) is 0. The van der Waals surface area contributed by atoms with E-state index in [0.29, 0.717) is 21.9 Å². The van der Waals surface area contributed by atoms with Crippen LogP contribution in [0.3, 0.4) is 0 Å². The zero-order valence-electron chi connectivity index (χ0n) is 10.4. The average Bonchev–Trinajstić information content (AvgIpc) is 2.37. The van der Waals surface area contributed by atoms with Crippen LogP contribution < -0.4 is 9.47 Å². The van der Waals surface area contributed by atoms with Gasteiger partial charge in [-0.1, -0.05) is 35.9 Å². The zero-order valence-corrected chi connectivity index (χ0v) is 11.1. The monoisotopic (exact) mass is 302 g/mol. The second kappa shape index (κ2) is 5.63. The van der Waals surface area contributed by atoms with E-state index in [0.717, 1.165) is 0 Å². The molecule has 0 atom stereocenters. The molecular weight excluding hydrogens is 293 g/mol. The third-order valence-corrected chi connectivity index (χ3v) is 2.87. The molecule has 0 aliphatic carbocycles. The van der Waals surface area contributed by atoms with Gasteiger partial charge in [-0.2, -0.15) is 0 Å². The Morgan fingerprint density at radius 1 is 1.00 bits per heavy atom. The Morgan fingerprint density at radius 2 is 1.70 bits per heavy atom. The minimum Gasteiger partial charge on any atom is -0.495 e. The van der Waals surface area contributed by atoms with Crippen molar-refractivity contribution in [2.75, 3.05) is 7.11 Å². The molecule has 106 valence electrons. The van der Waals surface area contributed by atoms with Crippen LogP contribution in [0.5, 0.6) is 11.5 Å². The lowest BCUT2D eigenvalue weighted by Gasteiger charge is -2.14. The summed E-state index contributed by atoms with van der Waals surface area (Å²) >= 11 is 5.98. The van der Waals surface area contributed by atoms with Crippen LogP contribution in [0.15, 0.2) is 42.5 Å². The van der Waals surface area contributed by atoms with Crippen LogP contribution >= 0.6 is 11.6 Å². The van der Waals surface area contributed by atoms with E-state index in [1.54, 1.807) is 18.2 Å². The van der Waals surface area contributed by atoms with Crippen LogP contribution in [-0.4, -0.2) is 13.5 Å². The van der Waals surface area contributed by atoms with Gasteiger partial charge >= 0.3 is 6.36 Å². The number of benzene rings is 2. The van der Waals surface area contributed by atoms with Crippen LogP contribution in [-0.2, 0) is 0 Å². The molecule has 0 aromatic heterocycles. The Morgan fingerprint density at radius 3 is 2.30 bits per heavy atom. The highest BCUT2D eigenvalue weighted by Gasteiger charge is 2.32. The standard InChI is InChI=1S/C14H10ClF3O2/c1-19-13-7-6-9(8-11(13)15)10-4-2-3-5-12(10)20-14(16,17)18/h2-8H,1H3. The molecule has 6 heteroatoms. The van der Waals surface area contributed by atoms with Crippen LogP contribution in [0, 0.1) is 0 Å². The number of methoxy groups -OCH3 is 1.